The van der Waals surface area contributed by atoms with Gasteiger partial charge < -0.3 is 11.1 Å². The van der Waals surface area contributed by atoms with Crippen molar-refractivity contribution in [3.63, 3.8) is 0 Å². The van der Waals surface area contributed by atoms with Crippen molar-refractivity contribution < 1.29 is 4.79 Å². The smallest absolute Gasteiger partial charge is 0.237 e. The lowest BCUT2D eigenvalue weighted by Gasteiger charge is -2.39. The highest BCUT2D eigenvalue weighted by molar-refractivity contribution is 5.84. The molecule has 0 aromatic heterocycles. The fraction of sp³-hybridized carbons (Fsp3) is 0.929. The third-order valence-electron chi connectivity index (χ3n) is 3.98. The fourth-order valence-corrected chi connectivity index (χ4v) is 2.78. The van der Waals surface area contributed by atoms with Crippen LogP contribution in [0.3, 0.4) is 0 Å². The van der Waals surface area contributed by atoms with E-state index in [1.54, 1.807) is 0 Å². The number of carbonyl (C=O) groups excluding carboxylic acids is 1. The topological polar surface area (TPSA) is 55.1 Å². The Morgan fingerprint density at radius 2 is 2.00 bits per heavy atom. The summed E-state index contributed by atoms with van der Waals surface area (Å²) in [5.41, 5.74) is 5.18. The molecule has 0 aliphatic heterocycles. The molecule has 1 amide bonds. The van der Waals surface area contributed by atoms with E-state index < -0.39 is 5.54 Å². The Bertz CT molecular complexity index is 243. The minimum atomic E-state index is -0.422. The lowest BCUT2D eigenvalue weighted by molar-refractivity contribution is -0.126. The predicted octanol–water partition coefficient (Wildman–Crippen LogP) is 2.45. The van der Waals surface area contributed by atoms with Crippen LogP contribution in [0.4, 0.5) is 0 Å². The summed E-state index contributed by atoms with van der Waals surface area (Å²) < 4.78 is 0. The number of rotatable bonds is 6. The second-order valence-electron chi connectivity index (χ2n) is 5.95. The first-order chi connectivity index (χ1) is 8.00. The van der Waals surface area contributed by atoms with Crippen molar-refractivity contribution in [1.29, 1.82) is 0 Å². The third-order valence-corrected chi connectivity index (χ3v) is 3.98. The van der Waals surface area contributed by atoms with Crippen LogP contribution in [-0.2, 0) is 4.79 Å². The van der Waals surface area contributed by atoms with E-state index in [1.807, 2.05) is 0 Å². The minimum absolute atomic E-state index is 0.159. The van der Waals surface area contributed by atoms with Crippen LogP contribution < -0.4 is 11.1 Å². The summed E-state index contributed by atoms with van der Waals surface area (Å²) in [4.78, 5) is 11.7. The van der Waals surface area contributed by atoms with Gasteiger partial charge in [-0.15, -0.1) is 0 Å². The normalized spacial score (nSPS) is 29.5. The Labute approximate surface area is 106 Å². The first-order valence-electron chi connectivity index (χ1n) is 7.05. The van der Waals surface area contributed by atoms with E-state index in [1.165, 1.54) is 12.8 Å². The molecule has 0 atom stereocenters. The molecule has 1 saturated carbocycles. The Balaban J connectivity index is 2.54. The summed E-state index contributed by atoms with van der Waals surface area (Å²) in [5, 5.41) is 3.42. The maximum atomic E-state index is 11.7. The van der Waals surface area contributed by atoms with Crippen molar-refractivity contribution in [2.75, 3.05) is 6.54 Å². The molecule has 17 heavy (non-hydrogen) atoms. The summed E-state index contributed by atoms with van der Waals surface area (Å²) >= 11 is 0. The van der Waals surface area contributed by atoms with Crippen LogP contribution >= 0.6 is 0 Å². The molecule has 3 nitrogen and oxygen atoms in total. The van der Waals surface area contributed by atoms with E-state index in [2.05, 4.69) is 26.1 Å². The Kier molecular flexibility index (Phi) is 5.44. The van der Waals surface area contributed by atoms with Gasteiger partial charge in [0.1, 0.15) is 0 Å². The lowest BCUT2D eigenvalue weighted by atomic mass is 9.74. The van der Waals surface area contributed by atoms with Gasteiger partial charge in [0.25, 0.3) is 0 Å². The Hall–Kier alpha value is -0.570. The van der Waals surface area contributed by atoms with E-state index in [9.17, 15) is 4.79 Å². The van der Waals surface area contributed by atoms with E-state index in [0.29, 0.717) is 5.92 Å². The summed E-state index contributed by atoms with van der Waals surface area (Å²) in [6, 6.07) is 0. The zero-order valence-electron chi connectivity index (χ0n) is 11.6. The number of amides is 1. The summed E-state index contributed by atoms with van der Waals surface area (Å²) in [6.07, 6.45) is 6.65. The van der Waals surface area contributed by atoms with Gasteiger partial charge in [0, 0.05) is 0 Å². The summed E-state index contributed by atoms with van der Waals surface area (Å²) in [6.45, 7) is 7.42. The number of carbonyl (C=O) groups is 1. The molecule has 0 aromatic carbocycles. The van der Waals surface area contributed by atoms with Gasteiger partial charge in [0.2, 0.25) is 5.91 Å². The van der Waals surface area contributed by atoms with Crippen LogP contribution in [0.1, 0.15) is 59.3 Å². The largest absolute Gasteiger partial charge is 0.368 e. The molecule has 0 unspecified atom stereocenters. The second kappa shape index (κ2) is 6.39. The number of primary amides is 1. The average molecular weight is 240 g/mol. The molecular formula is C14H28N2O. The molecule has 100 valence electrons. The first kappa shape index (κ1) is 14.5. The van der Waals surface area contributed by atoms with Gasteiger partial charge in [-0.2, -0.15) is 0 Å². The van der Waals surface area contributed by atoms with Crippen LogP contribution in [0, 0.1) is 11.8 Å². The molecule has 0 bridgehead atoms. The van der Waals surface area contributed by atoms with Crippen molar-refractivity contribution in [3.05, 3.63) is 0 Å². The highest BCUT2D eigenvalue weighted by Crippen LogP contribution is 2.34. The molecule has 0 saturated heterocycles. The number of hydrogen-bond acceptors (Lipinski definition) is 2. The quantitative estimate of drug-likeness (QED) is 0.749. The van der Waals surface area contributed by atoms with Gasteiger partial charge in [-0.05, 0) is 44.1 Å². The standard InChI is InChI=1S/C14H28N2O/c1-4-5-12-6-8-14(9-7-12,13(15)17)16-10-11(2)3/h11-12,16H,4-10H2,1-3H3,(H2,15,17). The SMILES string of the molecule is CCCC1CCC(NCC(C)C)(C(N)=O)CC1. The van der Waals surface area contributed by atoms with Crippen LogP contribution in [0.5, 0.6) is 0 Å². The monoisotopic (exact) mass is 240 g/mol. The van der Waals surface area contributed by atoms with Gasteiger partial charge in [-0.25, -0.2) is 0 Å². The lowest BCUT2D eigenvalue weighted by Crippen LogP contribution is -2.58. The molecule has 1 aliphatic carbocycles. The average Bonchev–Trinajstić information content (AvgIpc) is 2.28. The molecule has 3 heteroatoms. The maximum absolute atomic E-state index is 11.7. The van der Waals surface area contributed by atoms with E-state index >= 15 is 0 Å². The zero-order valence-corrected chi connectivity index (χ0v) is 11.6. The van der Waals surface area contributed by atoms with Gasteiger partial charge in [-0.1, -0.05) is 33.6 Å². The molecule has 0 spiro atoms. The van der Waals surface area contributed by atoms with E-state index in [4.69, 9.17) is 5.73 Å². The molecule has 0 radical (unpaired) electrons. The maximum Gasteiger partial charge on any atom is 0.237 e. The second-order valence-corrected chi connectivity index (χ2v) is 5.95. The summed E-state index contributed by atoms with van der Waals surface area (Å²) in [5.74, 6) is 1.20. The van der Waals surface area contributed by atoms with Crippen molar-refractivity contribution in [3.8, 4) is 0 Å². The van der Waals surface area contributed by atoms with Crippen molar-refractivity contribution in [2.24, 2.45) is 17.6 Å². The highest BCUT2D eigenvalue weighted by Gasteiger charge is 2.39. The van der Waals surface area contributed by atoms with Gasteiger partial charge in [0.15, 0.2) is 0 Å². The van der Waals surface area contributed by atoms with Gasteiger partial charge in [0.05, 0.1) is 5.54 Å². The molecule has 1 rings (SSSR count). The Morgan fingerprint density at radius 1 is 1.41 bits per heavy atom. The molecular weight excluding hydrogens is 212 g/mol. The molecule has 3 N–H and O–H groups in total. The molecule has 1 aliphatic rings. The number of hydrogen-bond donors (Lipinski definition) is 2. The van der Waals surface area contributed by atoms with Crippen LogP contribution in [-0.4, -0.2) is 18.0 Å². The van der Waals surface area contributed by atoms with Crippen molar-refractivity contribution in [1.82, 2.24) is 5.32 Å². The molecule has 1 fully saturated rings. The van der Waals surface area contributed by atoms with Crippen LogP contribution in [0.25, 0.3) is 0 Å². The van der Waals surface area contributed by atoms with Gasteiger partial charge in [-0.3, -0.25) is 4.79 Å². The Morgan fingerprint density at radius 3 is 2.41 bits per heavy atom. The van der Waals surface area contributed by atoms with E-state index in [-0.39, 0.29) is 5.91 Å². The number of nitrogens with two attached hydrogens (primary N) is 1. The molecule has 0 heterocycles. The van der Waals surface area contributed by atoms with Gasteiger partial charge >= 0.3 is 0 Å². The van der Waals surface area contributed by atoms with Crippen LogP contribution in [0.15, 0.2) is 0 Å². The fourth-order valence-electron chi connectivity index (χ4n) is 2.78. The highest BCUT2D eigenvalue weighted by atomic mass is 16.1. The number of nitrogens with one attached hydrogen (secondary N) is 1. The predicted molar refractivity (Wildman–Crippen MR) is 71.6 cm³/mol. The van der Waals surface area contributed by atoms with Crippen molar-refractivity contribution >= 4 is 5.91 Å². The third kappa shape index (κ3) is 3.98. The summed E-state index contributed by atoms with van der Waals surface area (Å²) in [7, 11) is 0. The van der Waals surface area contributed by atoms with Crippen molar-refractivity contribution in [2.45, 2.75) is 64.8 Å². The van der Waals surface area contributed by atoms with E-state index in [0.717, 1.165) is 38.1 Å². The molecule has 0 aromatic rings. The van der Waals surface area contributed by atoms with Crippen LogP contribution in [0.2, 0.25) is 0 Å². The first-order valence-corrected chi connectivity index (χ1v) is 7.05. The minimum Gasteiger partial charge on any atom is -0.368 e. The zero-order chi connectivity index (χ0) is 12.9.